The number of hydrogen-bond acceptors (Lipinski definition) is 3. The first-order valence-electron chi connectivity index (χ1n) is 4.72. The summed E-state index contributed by atoms with van der Waals surface area (Å²) in [6.07, 6.45) is 0.208. The summed E-state index contributed by atoms with van der Waals surface area (Å²) in [6, 6.07) is 0.0382. The molecule has 1 rings (SSSR count). The average Bonchev–Trinajstić information content (AvgIpc) is 2.08. The second-order valence-corrected chi connectivity index (χ2v) is 3.37. The zero-order valence-corrected chi connectivity index (χ0v) is 8.19. The molecule has 0 aliphatic carbocycles. The van der Waals surface area contributed by atoms with Gasteiger partial charge < -0.3 is 9.84 Å². The monoisotopic (exact) mass is 187 g/mol. The number of morpholine rings is 1. The van der Waals surface area contributed by atoms with E-state index in [1.807, 2.05) is 13.8 Å². The van der Waals surface area contributed by atoms with Crippen LogP contribution >= 0.6 is 0 Å². The van der Waals surface area contributed by atoms with E-state index in [1.165, 1.54) is 0 Å². The fourth-order valence-electron chi connectivity index (χ4n) is 1.80. The summed E-state index contributed by atoms with van der Waals surface area (Å²) in [5.74, 6) is -0.749. The molecular weight excluding hydrogens is 170 g/mol. The highest BCUT2D eigenvalue weighted by Crippen LogP contribution is 2.16. The smallest absolute Gasteiger partial charge is 0.305 e. The molecule has 76 valence electrons. The molecule has 1 saturated heterocycles. The minimum Gasteiger partial charge on any atom is -0.481 e. The minimum atomic E-state index is -0.749. The predicted octanol–water partition coefficient (Wildman–Crippen LogP) is 0.570. The van der Waals surface area contributed by atoms with Crippen molar-refractivity contribution in [3.05, 3.63) is 0 Å². The zero-order valence-electron chi connectivity index (χ0n) is 8.19. The van der Waals surface area contributed by atoms with Gasteiger partial charge in [0.25, 0.3) is 0 Å². The van der Waals surface area contributed by atoms with Gasteiger partial charge in [0.15, 0.2) is 0 Å². The van der Waals surface area contributed by atoms with E-state index in [-0.39, 0.29) is 18.6 Å². The molecule has 0 bridgehead atoms. The quantitative estimate of drug-likeness (QED) is 0.701. The minimum absolute atomic E-state index is 0.0322. The molecule has 1 N–H and O–H groups in total. The highest BCUT2D eigenvalue weighted by Gasteiger charge is 2.29. The molecule has 0 aromatic heterocycles. The van der Waals surface area contributed by atoms with Gasteiger partial charge in [0.05, 0.1) is 19.1 Å². The Morgan fingerprint density at radius 2 is 2.38 bits per heavy atom. The van der Waals surface area contributed by atoms with E-state index in [0.717, 1.165) is 13.1 Å². The first-order valence-corrected chi connectivity index (χ1v) is 4.72. The Bertz CT molecular complexity index is 184. The number of aliphatic carboxylic acids is 1. The van der Waals surface area contributed by atoms with Crippen molar-refractivity contribution in [1.29, 1.82) is 0 Å². The number of likely N-dealkylation sites (N-methyl/N-ethyl adjacent to an activating group) is 1. The third kappa shape index (κ3) is 2.67. The van der Waals surface area contributed by atoms with Crippen molar-refractivity contribution in [3.8, 4) is 0 Å². The standard InChI is InChI=1S/C9H17NO3/c1-3-10-4-5-13-7(2)8(10)6-9(11)12/h7-8H,3-6H2,1-2H3,(H,11,12). The number of nitrogens with zero attached hydrogens (tertiary/aromatic N) is 1. The molecule has 0 radical (unpaired) electrons. The Labute approximate surface area is 78.5 Å². The number of carbonyl (C=O) groups is 1. The maximum Gasteiger partial charge on any atom is 0.305 e. The second-order valence-electron chi connectivity index (χ2n) is 3.37. The van der Waals surface area contributed by atoms with E-state index >= 15 is 0 Å². The first kappa shape index (κ1) is 10.5. The average molecular weight is 187 g/mol. The van der Waals surface area contributed by atoms with Crippen LogP contribution in [0.1, 0.15) is 20.3 Å². The number of ether oxygens (including phenoxy) is 1. The molecule has 0 saturated carbocycles. The van der Waals surface area contributed by atoms with Crippen molar-refractivity contribution in [2.45, 2.75) is 32.4 Å². The van der Waals surface area contributed by atoms with Crippen molar-refractivity contribution >= 4 is 5.97 Å². The zero-order chi connectivity index (χ0) is 9.84. The van der Waals surface area contributed by atoms with Crippen LogP contribution in [0.4, 0.5) is 0 Å². The van der Waals surface area contributed by atoms with Crippen LogP contribution in [-0.2, 0) is 9.53 Å². The summed E-state index contributed by atoms with van der Waals surface area (Å²) >= 11 is 0. The molecule has 1 heterocycles. The van der Waals surface area contributed by atoms with E-state index in [1.54, 1.807) is 0 Å². The van der Waals surface area contributed by atoms with Crippen LogP contribution in [0, 0.1) is 0 Å². The second kappa shape index (κ2) is 4.58. The van der Waals surface area contributed by atoms with Crippen LogP contribution in [-0.4, -0.2) is 47.8 Å². The lowest BCUT2D eigenvalue weighted by molar-refractivity contribution is -0.142. The van der Waals surface area contributed by atoms with Gasteiger partial charge in [-0.05, 0) is 13.5 Å². The maximum atomic E-state index is 10.6. The topological polar surface area (TPSA) is 49.8 Å². The fourth-order valence-corrected chi connectivity index (χ4v) is 1.80. The van der Waals surface area contributed by atoms with Crippen molar-refractivity contribution < 1.29 is 14.6 Å². The Balaban J connectivity index is 2.56. The van der Waals surface area contributed by atoms with Crippen molar-refractivity contribution in [3.63, 3.8) is 0 Å². The molecule has 1 aliphatic heterocycles. The van der Waals surface area contributed by atoms with E-state index in [9.17, 15) is 4.79 Å². The van der Waals surface area contributed by atoms with E-state index in [2.05, 4.69) is 4.90 Å². The van der Waals surface area contributed by atoms with E-state index in [4.69, 9.17) is 9.84 Å². The van der Waals surface area contributed by atoms with Crippen molar-refractivity contribution in [2.24, 2.45) is 0 Å². The molecule has 0 spiro atoms. The van der Waals surface area contributed by atoms with Gasteiger partial charge in [-0.2, -0.15) is 0 Å². The summed E-state index contributed by atoms with van der Waals surface area (Å²) in [5.41, 5.74) is 0. The van der Waals surface area contributed by atoms with E-state index in [0.29, 0.717) is 6.61 Å². The summed E-state index contributed by atoms with van der Waals surface area (Å²) in [7, 11) is 0. The first-order chi connectivity index (χ1) is 6.15. The molecular formula is C9H17NO3. The molecule has 0 aromatic rings. The molecule has 2 unspecified atom stereocenters. The number of rotatable bonds is 3. The van der Waals surface area contributed by atoms with Gasteiger partial charge >= 0.3 is 5.97 Å². The van der Waals surface area contributed by atoms with Crippen LogP contribution < -0.4 is 0 Å². The molecule has 1 fully saturated rings. The molecule has 4 heteroatoms. The predicted molar refractivity (Wildman–Crippen MR) is 48.7 cm³/mol. The van der Waals surface area contributed by atoms with Crippen LogP contribution in [0.25, 0.3) is 0 Å². The van der Waals surface area contributed by atoms with Crippen LogP contribution in [0.3, 0.4) is 0 Å². The molecule has 2 atom stereocenters. The highest BCUT2D eigenvalue weighted by molar-refractivity contribution is 5.67. The highest BCUT2D eigenvalue weighted by atomic mass is 16.5. The normalized spacial score (nSPS) is 30.3. The third-order valence-electron chi connectivity index (χ3n) is 2.56. The summed E-state index contributed by atoms with van der Waals surface area (Å²) in [4.78, 5) is 12.8. The van der Waals surface area contributed by atoms with Gasteiger partial charge in [0.1, 0.15) is 0 Å². The maximum absolute atomic E-state index is 10.6. The molecule has 0 amide bonds. The lowest BCUT2D eigenvalue weighted by Crippen LogP contribution is -2.50. The number of carboxylic acids is 1. The van der Waals surface area contributed by atoms with Gasteiger partial charge in [0.2, 0.25) is 0 Å². The van der Waals surface area contributed by atoms with Crippen LogP contribution in [0.5, 0.6) is 0 Å². The summed E-state index contributed by atoms with van der Waals surface area (Å²) in [6.45, 7) is 6.44. The summed E-state index contributed by atoms with van der Waals surface area (Å²) in [5, 5.41) is 8.71. The van der Waals surface area contributed by atoms with Crippen LogP contribution in [0.15, 0.2) is 0 Å². The Kier molecular flexibility index (Phi) is 3.69. The van der Waals surface area contributed by atoms with E-state index < -0.39 is 5.97 Å². The van der Waals surface area contributed by atoms with Gasteiger partial charge in [-0.3, -0.25) is 9.69 Å². The number of carboxylic acid groups (broad SMARTS) is 1. The number of hydrogen-bond donors (Lipinski definition) is 1. The molecule has 13 heavy (non-hydrogen) atoms. The van der Waals surface area contributed by atoms with Gasteiger partial charge in [-0.25, -0.2) is 0 Å². The van der Waals surface area contributed by atoms with Crippen molar-refractivity contribution in [1.82, 2.24) is 4.90 Å². The van der Waals surface area contributed by atoms with Gasteiger partial charge in [0, 0.05) is 12.6 Å². The Morgan fingerprint density at radius 1 is 1.69 bits per heavy atom. The molecule has 1 aliphatic rings. The van der Waals surface area contributed by atoms with Crippen molar-refractivity contribution in [2.75, 3.05) is 19.7 Å². The Morgan fingerprint density at radius 3 is 2.92 bits per heavy atom. The molecule has 4 nitrogen and oxygen atoms in total. The largest absolute Gasteiger partial charge is 0.481 e. The van der Waals surface area contributed by atoms with Crippen LogP contribution in [0.2, 0.25) is 0 Å². The Hall–Kier alpha value is -0.610. The lowest BCUT2D eigenvalue weighted by atomic mass is 10.1. The fraction of sp³-hybridized carbons (Fsp3) is 0.889. The lowest BCUT2D eigenvalue weighted by Gasteiger charge is -2.38. The van der Waals surface area contributed by atoms with Gasteiger partial charge in [-0.1, -0.05) is 6.92 Å². The third-order valence-corrected chi connectivity index (χ3v) is 2.56. The molecule has 0 aromatic carbocycles. The van der Waals surface area contributed by atoms with Gasteiger partial charge in [-0.15, -0.1) is 0 Å². The summed E-state index contributed by atoms with van der Waals surface area (Å²) < 4.78 is 5.42. The SMILES string of the molecule is CCN1CCOC(C)C1CC(=O)O.